The Labute approximate surface area is 167 Å². The van der Waals surface area contributed by atoms with E-state index < -0.39 is 73.0 Å². The van der Waals surface area contributed by atoms with Gasteiger partial charge in [-0.1, -0.05) is 20.3 Å². The van der Waals surface area contributed by atoms with Gasteiger partial charge in [-0.25, -0.2) is 4.79 Å². The van der Waals surface area contributed by atoms with Gasteiger partial charge in [-0.15, -0.1) is 0 Å². The molecule has 13 heteroatoms. The van der Waals surface area contributed by atoms with Crippen molar-refractivity contribution in [3.05, 3.63) is 0 Å². The van der Waals surface area contributed by atoms with Crippen LogP contribution in [0.25, 0.3) is 0 Å². The van der Waals surface area contributed by atoms with E-state index in [2.05, 4.69) is 10.6 Å². The normalized spacial score (nSPS) is 14.6. The summed E-state index contributed by atoms with van der Waals surface area (Å²) in [6, 6.07) is -4.00. The molecule has 10 N–H and O–H groups in total. The molecule has 4 unspecified atom stereocenters. The molecular weight excluding hydrogens is 388 g/mol. The minimum absolute atomic E-state index is 0.121. The molecule has 0 bridgehead atoms. The molecule has 13 nitrogen and oxygen atoms in total. The van der Waals surface area contributed by atoms with E-state index >= 15 is 0 Å². The predicted molar refractivity (Wildman–Crippen MR) is 99.6 cm³/mol. The third-order valence-corrected chi connectivity index (χ3v) is 4.06. The molecule has 164 valence electrons. The van der Waals surface area contributed by atoms with Crippen LogP contribution in [-0.4, -0.2) is 65.3 Å². The third-order valence-electron chi connectivity index (χ3n) is 4.06. The Bertz CT molecular complexity index is 654. The molecule has 0 aliphatic carbocycles. The van der Waals surface area contributed by atoms with Gasteiger partial charge in [0.05, 0.1) is 25.4 Å². The third kappa shape index (κ3) is 10.0. The van der Waals surface area contributed by atoms with Crippen molar-refractivity contribution in [2.24, 2.45) is 23.1 Å². The number of nitrogens with two attached hydrogens (primary N) is 3. The first kappa shape index (κ1) is 25.8. The van der Waals surface area contributed by atoms with Crippen molar-refractivity contribution in [2.45, 2.75) is 51.2 Å². The summed E-state index contributed by atoms with van der Waals surface area (Å²) in [5.41, 5.74) is 15.7. The van der Waals surface area contributed by atoms with Gasteiger partial charge in [0.1, 0.15) is 12.1 Å². The number of carboxylic acid groups (broad SMARTS) is 1. The zero-order valence-corrected chi connectivity index (χ0v) is 16.3. The van der Waals surface area contributed by atoms with Crippen LogP contribution >= 0.6 is 0 Å². The molecule has 29 heavy (non-hydrogen) atoms. The van der Waals surface area contributed by atoms with Gasteiger partial charge >= 0.3 is 5.97 Å². The topological polar surface area (TPSA) is 237 Å². The van der Waals surface area contributed by atoms with Gasteiger partial charge in [-0.05, 0) is 5.92 Å². The van der Waals surface area contributed by atoms with Gasteiger partial charge in [-0.2, -0.15) is 0 Å². The summed E-state index contributed by atoms with van der Waals surface area (Å²) in [5, 5.41) is 15.5. The summed E-state index contributed by atoms with van der Waals surface area (Å²) in [6.07, 6.45) is -0.680. The van der Waals surface area contributed by atoms with E-state index in [1.165, 1.54) is 0 Å². The molecule has 0 saturated heterocycles. The quantitative estimate of drug-likeness (QED) is 0.157. The first-order valence-electron chi connectivity index (χ1n) is 8.81. The molecule has 5 amide bonds. The van der Waals surface area contributed by atoms with E-state index in [0.717, 1.165) is 0 Å². The highest BCUT2D eigenvalue weighted by molar-refractivity contribution is 5.95. The van der Waals surface area contributed by atoms with Crippen molar-refractivity contribution >= 4 is 35.5 Å². The Kier molecular flexibility index (Phi) is 10.9. The molecule has 0 aliphatic heterocycles. The van der Waals surface area contributed by atoms with E-state index in [1.54, 1.807) is 6.92 Å². The van der Waals surface area contributed by atoms with E-state index in [-0.39, 0.29) is 5.92 Å². The number of hydrogen-bond acceptors (Lipinski definition) is 7. The van der Waals surface area contributed by atoms with Gasteiger partial charge in [0.2, 0.25) is 29.5 Å². The van der Waals surface area contributed by atoms with E-state index in [0.29, 0.717) is 6.42 Å². The van der Waals surface area contributed by atoms with Crippen molar-refractivity contribution in [1.82, 2.24) is 16.0 Å². The largest absolute Gasteiger partial charge is 0.480 e. The van der Waals surface area contributed by atoms with Crippen LogP contribution in [0, 0.1) is 5.92 Å². The number of carboxylic acids is 1. The number of nitrogens with one attached hydrogen (secondary N) is 3. The van der Waals surface area contributed by atoms with E-state index in [1.807, 2.05) is 12.2 Å². The fourth-order valence-electron chi connectivity index (χ4n) is 2.13. The zero-order chi connectivity index (χ0) is 22.7. The maximum Gasteiger partial charge on any atom is 0.326 e. The Morgan fingerprint density at radius 3 is 1.86 bits per heavy atom. The number of carbonyl (C=O) groups is 6. The Hall–Kier alpha value is -3.22. The minimum Gasteiger partial charge on any atom is -0.480 e. The van der Waals surface area contributed by atoms with Gasteiger partial charge in [0, 0.05) is 0 Å². The lowest BCUT2D eigenvalue weighted by Crippen LogP contribution is -2.55. The monoisotopic (exact) mass is 416 g/mol. The van der Waals surface area contributed by atoms with E-state index in [4.69, 9.17) is 22.3 Å². The highest BCUT2D eigenvalue weighted by Gasteiger charge is 2.29. The molecule has 0 aromatic rings. The van der Waals surface area contributed by atoms with Crippen LogP contribution in [0.3, 0.4) is 0 Å². The summed E-state index contributed by atoms with van der Waals surface area (Å²) in [7, 11) is 0. The van der Waals surface area contributed by atoms with Crippen LogP contribution in [0.15, 0.2) is 0 Å². The zero-order valence-electron chi connectivity index (χ0n) is 16.3. The molecule has 0 rings (SSSR count). The predicted octanol–water partition coefficient (Wildman–Crippen LogP) is -3.72. The first-order valence-corrected chi connectivity index (χ1v) is 8.81. The molecule has 0 saturated carbocycles. The Balaban J connectivity index is 4.97. The Morgan fingerprint density at radius 1 is 0.897 bits per heavy atom. The number of carbonyl (C=O) groups excluding carboxylic acids is 5. The van der Waals surface area contributed by atoms with Crippen molar-refractivity contribution in [3.63, 3.8) is 0 Å². The van der Waals surface area contributed by atoms with Crippen LogP contribution in [-0.2, 0) is 28.8 Å². The molecule has 0 spiro atoms. The lowest BCUT2D eigenvalue weighted by molar-refractivity contribution is -0.143. The lowest BCUT2D eigenvalue weighted by Gasteiger charge is -2.21. The highest BCUT2D eigenvalue weighted by atomic mass is 16.4. The van der Waals surface area contributed by atoms with Crippen molar-refractivity contribution in [2.75, 3.05) is 6.54 Å². The Morgan fingerprint density at radius 2 is 1.41 bits per heavy atom. The molecule has 0 aliphatic rings. The second kappa shape index (κ2) is 12.3. The molecule has 0 fully saturated rings. The fourth-order valence-corrected chi connectivity index (χ4v) is 2.13. The van der Waals surface area contributed by atoms with Crippen molar-refractivity contribution in [3.8, 4) is 0 Å². The smallest absolute Gasteiger partial charge is 0.326 e. The second-order valence-corrected chi connectivity index (χ2v) is 6.49. The minimum atomic E-state index is -1.65. The number of amides is 5. The molecule has 0 aromatic carbocycles. The average molecular weight is 416 g/mol. The highest BCUT2D eigenvalue weighted by Crippen LogP contribution is 2.04. The van der Waals surface area contributed by atoms with Crippen molar-refractivity contribution in [1.29, 1.82) is 0 Å². The number of primary amides is 2. The van der Waals surface area contributed by atoms with Gasteiger partial charge in [0.15, 0.2) is 0 Å². The van der Waals surface area contributed by atoms with Gasteiger partial charge in [0.25, 0.3) is 0 Å². The number of aliphatic carboxylic acids is 1. The molecule has 0 heterocycles. The average Bonchev–Trinajstić information content (AvgIpc) is 2.62. The van der Waals surface area contributed by atoms with Crippen LogP contribution in [0.2, 0.25) is 0 Å². The van der Waals surface area contributed by atoms with Gasteiger partial charge < -0.3 is 38.3 Å². The molecule has 0 radical (unpaired) electrons. The van der Waals surface area contributed by atoms with Crippen LogP contribution < -0.4 is 33.2 Å². The number of rotatable bonds is 13. The standard InChI is InChI=1S/C16H28N6O7/c1-3-7(2)13(19)15(27)20-6-12(25)21-8(4-10(17)23)14(26)22-9(16(28)29)5-11(18)24/h7-9,13H,3-6,19H2,1-2H3,(H2,17,23)(H2,18,24)(H,20,27)(H,21,25)(H,22,26)(H,28,29). The van der Waals surface area contributed by atoms with Crippen LogP contribution in [0.4, 0.5) is 0 Å². The van der Waals surface area contributed by atoms with Crippen LogP contribution in [0.1, 0.15) is 33.1 Å². The SMILES string of the molecule is CCC(C)C(N)C(=O)NCC(=O)NC(CC(N)=O)C(=O)NC(CC(N)=O)C(=O)O. The van der Waals surface area contributed by atoms with Crippen molar-refractivity contribution < 1.29 is 33.9 Å². The summed E-state index contributed by atoms with van der Waals surface area (Å²) >= 11 is 0. The molecule has 4 atom stereocenters. The first-order chi connectivity index (χ1) is 13.4. The second-order valence-electron chi connectivity index (χ2n) is 6.49. The maximum atomic E-state index is 12.2. The van der Waals surface area contributed by atoms with Gasteiger partial charge in [-0.3, -0.25) is 24.0 Å². The van der Waals surface area contributed by atoms with Crippen LogP contribution in [0.5, 0.6) is 0 Å². The van der Waals surface area contributed by atoms with E-state index in [9.17, 15) is 28.8 Å². The molecule has 0 aromatic heterocycles. The lowest BCUT2D eigenvalue weighted by atomic mass is 9.99. The maximum absolute atomic E-state index is 12.2. The summed E-state index contributed by atoms with van der Waals surface area (Å²) < 4.78 is 0. The summed E-state index contributed by atoms with van der Waals surface area (Å²) in [4.78, 5) is 69.3. The number of hydrogen-bond donors (Lipinski definition) is 7. The molecular formula is C16H28N6O7. The summed E-state index contributed by atoms with van der Waals surface area (Å²) in [5.74, 6) is -6.05. The summed E-state index contributed by atoms with van der Waals surface area (Å²) in [6.45, 7) is 3.08. The fraction of sp³-hybridized carbons (Fsp3) is 0.625.